The van der Waals surface area contributed by atoms with Crippen LogP contribution in [0.15, 0.2) is 0 Å². The summed E-state index contributed by atoms with van der Waals surface area (Å²) in [5, 5.41) is 4.24. The van der Waals surface area contributed by atoms with Gasteiger partial charge < -0.3 is 10.2 Å². The van der Waals surface area contributed by atoms with Crippen molar-refractivity contribution in [2.24, 2.45) is 5.92 Å². The van der Waals surface area contributed by atoms with E-state index in [9.17, 15) is 0 Å². The van der Waals surface area contributed by atoms with Crippen LogP contribution in [-0.2, 0) is 0 Å². The van der Waals surface area contributed by atoms with E-state index in [-0.39, 0.29) is 0 Å². The second kappa shape index (κ2) is 5.38. The molecule has 2 heterocycles. The Kier molecular flexibility index (Phi) is 4.14. The van der Waals surface area contributed by atoms with Gasteiger partial charge in [0.25, 0.3) is 0 Å². The maximum Gasteiger partial charge on any atom is 0.0175 e. The third kappa shape index (κ3) is 2.88. The molecule has 82 valence electrons. The zero-order chi connectivity index (χ0) is 9.80. The molecule has 2 fully saturated rings. The molecule has 0 bridgehead atoms. The number of thioether (sulfide) groups is 1. The average Bonchev–Trinajstić information content (AvgIpc) is 2.79. The Bertz CT molecular complexity index is 169. The van der Waals surface area contributed by atoms with Crippen LogP contribution in [0.4, 0.5) is 0 Å². The minimum Gasteiger partial charge on any atom is -0.319 e. The van der Waals surface area contributed by atoms with Crippen LogP contribution in [0.1, 0.15) is 19.3 Å². The van der Waals surface area contributed by atoms with Gasteiger partial charge in [-0.2, -0.15) is 11.8 Å². The molecule has 2 rings (SSSR count). The van der Waals surface area contributed by atoms with Gasteiger partial charge in [-0.1, -0.05) is 0 Å². The molecule has 0 spiro atoms. The van der Waals surface area contributed by atoms with Crippen molar-refractivity contribution in [2.45, 2.75) is 24.5 Å². The van der Waals surface area contributed by atoms with Crippen LogP contribution in [0, 0.1) is 5.92 Å². The Morgan fingerprint density at radius 3 is 3.07 bits per heavy atom. The summed E-state index contributed by atoms with van der Waals surface area (Å²) in [5.74, 6) is 2.31. The Morgan fingerprint density at radius 1 is 1.43 bits per heavy atom. The predicted octanol–water partition coefficient (Wildman–Crippen LogP) is 1.42. The van der Waals surface area contributed by atoms with Crippen molar-refractivity contribution in [2.75, 3.05) is 39.0 Å². The molecule has 0 aromatic heterocycles. The van der Waals surface area contributed by atoms with Gasteiger partial charge in [0.15, 0.2) is 0 Å². The van der Waals surface area contributed by atoms with Gasteiger partial charge in [0.2, 0.25) is 0 Å². The van der Waals surface area contributed by atoms with Gasteiger partial charge in [-0.05, 0) is 51.1 Å². The topological polar surface area (TPSA) is 15.3 Å². The van der Waals surface area contributed by atoms with Gasteiger partial charge in [-0.3, -0.25) is 0 Å². The highest BCUT2D eigenvalue weighted by molar-refractivity contribution is 8.00. The van der Waals surface area contributed by atoms with Crippen molar-refractivity contribution >= 4 is 11.8 Å². The Balaban J connectivity index is 1.67. The molecule has 2 nitrogen and oxygen atoms in total. The summed E-state index contributed by atoms with van der Waals surface area (Å²) in [7, 11) is 2.06. The van der Waals surface area contributed by atoms with Crippen LogP contribution in [-0.4, -0.2) is 49.1 Å². The number of hydrogen-bond acceptors (Lipinski definition) is 3. The monoisotopic (exact) mass is 214 g/mol. The standard InChI is InChI=1S/C11H22N2S/c1-12-7-10-4-5-13(8-10)9-11-3-2-6-14-11/h10-12H,2-9H2,1H3. The zero-order valence-electron chi connectivity index (χ0n) is 9.17. The van der Waals surface area contributed by atoms with E-state index in [4.69, 9.17) is 0 Å². The van der Waals surface area contributed by atoms with Crippen LogP contribution in [0.25, 0.3) is 0 Å². The maximum absolute atomic E-state index is 3.29. The minimum atomic E-state index is 0.909. The van der Waals surface area contributed by atoms with Crippen molar-refractivity contribution in [1.29, 1.82) is 0 Å². The largest absolute Gasteiger partial charge is 0.319 e. The first kappa shape index (κ1) is 10.8. The Labute approximate surface area is 91.8 Å². The van der Waals surface area contributed by atoms with Crippen molar-refractivity contribution in [3.05, 3.63) is 0 Å². The lowest BCUT2D eigenvalue weighted by Crippen LogP contribution is -2.29. The highest BCUT2D eigenvalue weighted by Crippen LogP contribution is 2.28. The van der Waals surface area contributed by atoms with Crippen molar-refractivity contribution < 1.29 is 0 Å². The molecular formula is C11H22N2S. The smallest absolute Gasteiger partial charge is 0.0175 e. The third-order valence-corrected chi connectivity index (χ3v) is 4.73. The van der Waals surface area contributed by atoms with Gasteiger partial charge in [-0.25, -0.2) is 0 Å². The van der Waals surface area contributed by atoms with Gasteiger partial charge in [0, 0.05) is 18.3 Å². The molecule has 0 aliphatic carbocycles. The Hall–Kier alpha value is 0.270. The van der Waals surface area contributed by atoms with Crippen LogP contribution >= 0.6 is 11.8 Å². The van der Waals surface area contributed by atoms with Crippen LogP contribution < -0.4 is 5.32 Å². The molecule has 14 heavy (non-hydrogen) atoms. The highest BCUT2D eigenvalue weighted by Gasteiger charge is 2.25. The molecule has 0 amide bonds. The molecule has 2 aliphatic rings. The molecule has 0 aromatic rings. The molecule has 2 saturated heterocycles. The fraction of sp³-hybridized carbons (Fsp3) is 1.00. The van der Waals surface area contributed by atoms with Gasteiger partial charge in [0.05, 0.1) is 0 Å². The van der Waals surface area contributed by atoms with E-state index in [1.807, 2.05) is 0 Å². The molecule has 0 radical (unpaired) electrons. The Morgan fingerprint density at radius 2 is 2.36 bits per heavy atom. The zero-order valence-corrected chi connectivity index (χ0v) is 9.98. The van der Waals surface area contributed by atoms with Crippen molar-refractivity contribution in [1.82, 2.24) is 10.2 Å². The summed E-state index contributed by atoms with van der Waals surface area (Å²) in [5.41, 5.74) is 0. The normalized spacial score (nSPS) is 34.1. The number of nitrogens with zero attached hydrogens (tertiary/aromatic N) is 1. The second-order valence-corrected chi connectivity index (χ2v) is 6.02. The lowest BCUT2D eigenvalue weighted by Gasteiger charge is -2.19. The summed E-state index contributed by atoms with van der Waals surface area (Å²) in [6.07, 6.45) is 4.30. The van der Waals surface area contributed by atoms with E-state index in [0.29, 0.717) is 0 Å². The van der Waals surface area contributed by atoms with E-state index >= 15 is 0 Å². The lowest BCUT2D eigenvalue weighted by molar-refractivity contribution is 0.321. The fourth-order valence-corrected chi connectivity index (χ4v) is 3.93. The predicted molar refractivity (Wildman–Crippen MR) is 64.0 cm³/mol. The van der Waals surface area contributed by atoms with E-state index in [1.54, 1.807) is 0 Å². The summed E-state index contributed by atoms with van der Waals surface area (Å²) in [6.45, 7) is 5.22. The van der Waals surface area contributed by atoms with Gasteiger partial charge in [-0.15, -0.1) is 0 Å². The molecule has 2 aliphatic heterocycles. The van der Waals surface area contributed by atoms with Crippen molar-refractivity contribution in [3.8, 4) is 0 Å². The summed E-state index contributed by atoms with van der Waals surface area (Å²) in [4.78, 5) is 2.67. The first-order chi connectivity index (χ1) is 6.88. The summed E-state index contributed by atoms with van der Waals surface area (Å²) in [6, 6.07) is 0. The number of hydrogen-bond donors (Lipinski definition) is 1. The van der Waals surface area contributed by atoms with E-state index in [2.05, 4.69) is 29.0 Å². The van der Waals surface area contributed by atoms with Gasteiger partial charge in [0.1, 0.15) is 0 Å². The lowest BCUT2D eigenvalue weighted by atomic mass is 10.1. The first-order valence-electron chi connectivity index (χ1n) is 5.87. The van der Waals surface area contributed by atoms with Crippen LogP contribution in [0.3, 0.4) is 0 Å². The molecule has 2 unspecified atom stereocenters. The molecule has 1 N–H and O–H groups in total. The van der Waals surface area contributed by atoms with E-state index < -0.39 is 0 Å². The number of nitrogens with one attached hydrogen (secondary N) is 1. The van der Waals surface area contributed by atoms with E-state index in [0.717, 1.165) is 11.2 Å². The maximum atomic E-state index is 3.29. The molecule has 0 saturated carbocycles. The van der Waals surface area contributed by atoms with E-state index in [1.165, 1.54) is 51.2 Å². The number of likely N-dealkylation sites (tertiary alicyclic amines) is 1. The second-order valence-electron chi connectivity index (χ2n) is 4.61. The molecule has 2 atom stereocenters. The molecular weight excluding hydrogens is 192 g/mol. The quantitative estimate of drug-likeness (QED) is 0.762. The molecule has 3 heteroatoms. The first-order valence-corrected chi connectivity index (χ1v) is 6.92. The number of rotatable bonds is 4. The molecule has 0 aromatic carbocycles. The van der Waals surface area contributed by atoms with Crippen LogP contribution in [0.5, 0.6) is 0 Å². The third-order valence-electron chi connectivity index (χ3n) is 3.35. The van der Waals surface area contributed by atoms with Gasteiger partial charge >= 0.3 is 0 Å². The van der Waals surface area contributed by atoms with Crippen molar-refractivity contribution in [3.63, 3.8) is 0 Å². The highest BCUT2D eigenvalue weighted by atomic mass is 32.2. The summed E-state index contributed by atoms with van der Waals surface area (Å²) >= 11 is 2.19. The fourth-order valence-electron chi connectivity index (χ4n) is 2.61. The average molecular weight is 214 g/mol. The SMILES string of the molecule is CNCC1CCN(CC2CCCS2)C1. The minimum absolute atomic E-state index is 0.909. The summed E-state index contributed by atoms with van der Waals surface area (Å²) < 4.78 is 0. The van der Waals surface area contributed by atoms with Crippen LogP contribution in [0.2, 0.25) is 0 Å².